The highest BCUT2D eigenvalue weighted by Gasteiger charge is 2.26. The number of imidazole rings is 1. The normalized spacial score (nSPS) is 14.7. The van der Waals surface area contributed by atoms with Crippen molar-refractivity contribution in [2.75, 3.05) is 31.1 Å². The predicted octanol–water partition coefficient (Wildman–Crippen LogP) is 5.49. The SMILES string of the molecule is Cc1cc(-c2cccc(N3CCN(C(C)(C)C)CC3)c2)c(O)c(-c2ccc(-n3ccn(C)c3=O)c(Cl)c2)n1. The number of aromatic nitrogens is 3. The molecule has 0 spiro atoms. The average Bonchev–Trinajstić information content (AvgIpc) is 3.22. The number of aromatic hydroxyl groups is 1. The van der Waals surface area contributed by atoms with E-state index in [0.29, 0.717) is 22.0 Å². The lowest BCUT2D eigenvalue weighted by molar-refractivity contribution is 0.128. The number of hydrogen-bond acceptors (Lipinski definition) is 5. The molecule has 1 fully saturated rings. The zero-order chi connectivity index (χ0) is 27.2. The van der Waals surface area contributed by atoms with Gasteiger partial charge in [0.15, 0.2) is 0 Å². The molecule has 0 unspecified atom stereocenters. The molecule has 2 aromatic carbocycles. The maximum atomic E-state index is 12.4. The van der Waals surface area contributed by atoms with Gasteiger partial charge in [-0.3, -0.25) is 9.47 Å². The summed E-state index contributed by atoms with van der Waals surface area (Å²) in [4.78, 5) is 21.9. The lowest BCUT2D eigenvalue weighted by Crippen LogP contribution is -2.53. The van der Waals surface area contributed by atoms with Crippen LogP contribution in [0.15, 0.2) is 65.7 Å². The molecule has 3 heterocycles. The number of nitrogens with zero attached hydrogens (tertiary/aromatic N) is 5. The molecule has 8 heteroatoms. The number of anilines is 1. The Bertz CT molecular complexity index is 1540. The minimum atomic E-state index is -0.182. The first-order valence-corrected chi connectivity index (χ1v) is 13.3. The first-order chi connectivity index (χ1) is 18.0. The van der Waals surface area contributed by atoms with Crippen LogP contribution in [0.1, 0.15) is 26.5 Å². The van der Waals surface area contributed by atoms with Crippen LogP contribution in [0, 0.1) is 6.92 Å². The van der Waals surface area contributed by atoms with Crippen LogP contribution in [0.3, 0.4) is 0 Å². The van der Waals surface area contributed by atoms with Crippen molar-refractivity contribution in [1.82, 2.24) is 19.0 Å². The van der Waals surface area contributed by atoms with Gasteiger partial charge in [-0.25, -0.2) is 9.78 Å². The Labute approximate surface area is 228 Å². The molecule has 1 aliphatic heterocycles. The maximum absolute atomic E-state index is 12.4. The molecule has 0 bridgehead atoms. The third-order valence-corrected chi connectivity index (χ3v) is 7.60. The number of benzene rings is 2. The fraction of sp³-hybridized carbons (Fsp3) is 0.333. The third-order valence-electron chi connectivity index (χ3n) is 7.30. The van der Waals surface area contributed by atoms with Gasteiger partial charge < -0.3 is 14.6 Å². The molecule has 1 N–H and O–H groups in total. The van der Waals surface area contributed by atoms with Gasteiger partial charge in [-0.1, -0.05) is 29.8 Å². The van der Waals surface area contributed by atoms with Crippen LogP contribution in [-0.2, 0) is 7.05 Å². The molecule has 0 aliphatic carbocycles. The van der Waals surface area contributed by atoms with E-state index in [1.807, 2.05) is 31.2 Å². The molecule has 4 aromatic rings. The summed E-state index contributed by atoms with van der Waals surface area (Å²) in [6.45, 7) is 12.7. The second-order valence-corrected chi connectivity index (χ2v) is 11.3. The van der Waals surface area contributed by atoms with Crippen LogP contribution in [-0.4, -0.2) is 55.8 Å². The molecule has 0 radical (unpaired) electrons. The summed E-state index contributed by atoms with van der Waals surface area (Å²) >= 11 is 6.60. The quantitative estimate of drug-likeness (QED) is 0.377. The number of halogens is 1. The first kappa shape index (κ1) is 26.1. The van der Waals surface area contributed by atoms with Crippen LogP contribution >= 0.6 is 11.6 Å². The van der Waals surface area contributed by atoms with Gasteiger partial charge >= 0.3 is 5.69 Å². The van der Waals surface area contributed by atoms with Crippen molar-refractivity contribution >= 4 is 17.3 Å². The summed E-state index contributed by atoms with van der Waals surface area (Å²) in [5.74, 6) is 0.103. The molecular weight excluding hydrogens is 498 g/mol. The van der Waals surface area contributed by atoms with E-state index >= 15 is 0 Å². The van der Waals surface area contributed by atoms with Gasteiger partial charge in [0.2, 0.25) is 0 Å². The summed E-state index contributed by atoms with van der Waals surface area (Å²) in [6, 6.07) is 15.6. The highest BCUT2D eigenvalue weighted by molar-refractivity contribution is 6.32. The van der Waals surface area contributed by atoms with E-state index in [4.69, 9.17) is 11.6 Å². The second kappa shape index (κ2) is 9.97. The van der Waals surface area contributed by atoms with Crippen LogP contribution in [0.2, 0.25) is 5.02 Å². The highest BCUT2D eigenvalue weighted by Crippen LogP contribution is 2.39. The molecule has 5 rings (SSSR count). The Kier molecular flexibility index (Phi) is 6.84. The minimum absolute atomic E-state index is 0.103. The van der Waals surface area contributed by atoms with Gasteiger partial charge in [0, 0.05) is 73.7 Å². The van der Waals surface area contributed by atoms with E-state index in [1.165, 1.54) is 9.13 Å². The van der Waals surface area contributed by atoms with Gasteiger partial charge in [0.05, 0.1) is 10.7 Å². The Morgan fingerprint density at radius 3 is 2.32 bits per heavy atom. The molecule has 0 atom stereocenters. The average molecular weight is 532 g/mol. The zero-order valence-electron chi connectivity index (χ0n) is 22.6. The van der Waals surface area contributed by atoms with Gasteiger partial charge in [0.25, 0.3) is 0 Å². The Morgan fingerprint density at radius 1 is 0.947 bits per heavy atom. The van der Waals surface area contributed by atoms with Crippen molar-refractivity contribution in [2.45, 2.75) is 33.2 Å². The highest BCUT2D eigenvalue weighted by atomic mass is 35.5. The lowest BCUT2D eigenvalue weighted by Gasteiger charge is -2.43. The van der Waals surface area contributed by atoms with E-state index in [2.05, 4.69) is 47.7 Å². The first-order valence-electron chi connectivity index (χ1n) is 12.9. The standard InChI is InChI=1S/C30H34ClN5O2/c1-20-17-24(21-7-6-8-23(18-21)34-12-14-35(15-13-34)30(2,3)4)28(37)27(32-20)22-9-10-26(25(31)19-22)36-16-11-33(5)29(36)38/h6-11,16-19,37H,12-15H2,1-5H3. The zero-order valence-corrected chi connectivity index (χ0v) is 23.3. The van der Waals surface area contributed by atoms with Gasteiger partial charge in [-0.15, -0.1) is 0 Å². The van der Waals surface area contributed by atoms with Crippen molar-refractivity contribution in [3.63, 3.8) is 0 Å². The van der Waals surface area contributed by atoms with Crippen molar-refractivity contribution < 1.29 is 5.11 Å². The Balaban J connectivity index is 1.47. The van der Waals surface area contributed by atoms with E-state index in [-0.39, 0.29) is 17.0 Å². The molecule has 38 heavy (non-hydrogen) atoms. The number of pyridine rings is 1. The predicted molar refractivity (Wildman–Crippen MR) is 155 cm³/mol. The summed E-state index contributed by atoms with van der Waals surface area (Å²) in [6.07, 6.45) is 3.37. The maximum Gasteiger partial charge on any atom is 0.332 e. The Morgan fingerprint density at radius 2 is 1.68 bits per heavy atom. The van der Waals surface area contributed by atoms with E-state index in [1.54, 1.807) is 31.6 Å². The molecule has 1 aliphatic rings. The van der Waals surface area contributed by atoms with E-state index < -0.39 is 0 Å². The number of piperazine rings is 1. The molecular formula is C30H34ClN5O2. The number of aryl methyl sites for hydroxylation is 2. The van der Waals surface area contributed by atoms with E-state index in [9.17, 15) is 9.90 Å². The van der Waals surface area contributed by atoms with Crippen LogP contribution in [0.5, 0.6) is 5.75 Å². The molecule has 0 saturated carbocycles. The second-order valence-electron chi connectivity index (χ2n) is 10.9. The van der Waals surface area contributed by atoms with E-state index in [0.717, 1.165) is 48.7 Å². The topological polar surface area (TPSA) is 66.5 Å². The minimum Gasteiger partial charge on any atom is -0.505 e. The smallest absolute Gasteiger partial charge is 0.332 e. The van der Waals surface area contributed by atoms with Crippen LogP contribution in [0.4, 0.5) is 5.69 Å². The summed E-state index contributed by atoms with van der Waals surface area (Å²) < 4.78 is 2.98. The Hall–Kier alpha value is -3.55. The van der Waals surface area contributed by atoms with Crippen LogP contribution < -0.4 is 10.6 Å². The third kappa shape index (κ3) is 4.96. The molecule has 198 valence electrons. The lowest BCUT2D eigenvalue weighted by atomic mass is 9.99. The van der Waals surface area contributed by atoms with Crippen molar-refractivity contribution in [3.8, 4) is 33.8 Å². The monoisotopic (exact) mass is 531 g/mol. The fourth-order valence-corrected chi connectivity index (χ4v) is 5.36. The van der Waals surface area contributed by atoms with Gasteiger partial charge in [0.1, 0.15) is 11.4 Å². The summed E-state index contributed by atoms with van der Waals surface area (Å²) in [5, 5.41) is 11.8. The van der Waals surface area contributed by atoms with Crippen molar-refractivity contribution in [3.05, 3.63) is 82.1 Å². The number of hydrogen-bond donors (Lipinski definition) is 1. The largest absolute Gasteiger partial charge is 0.505 e. The molecule has 0 amide bonds. The molecule has 2 aromatic heterocycles. The van der Waals surface area contributed by atoms with Gasteiger partial charge in [-0.2, -0.15) is 0 Å². The number of rotatable bonds is 4. The van der Waals surface area contributed by atoms with Crippen molar-refractivity contribution in [2.24, 2.45) is 7.05 Å². The van der Waals surface area contributed by atoms with Crippen LogP contribution in [0.25, 0.3) is 28.1 Å². The van der Waals surface area contributed by atoms with Gasteiger partial charge in [-0.05, 0) is 63.6 Å². The fourth-order valence-electron chi connectivity index (χ4n) is 5.09. The summed E-state index contributed by atoms with van der Waals surface area (Å²) in [5.41, 5.74) is 5.29. The summed E-state index contributed by atoms with van der Waals surface area (Å²) in [7, 11) is 1.69. The van der Waals surface area contributed by atoms with Crippen molar-refractivity contribution in [1.29, 1.82) is 0 Å². The molecule has 1 saturated heterocycles. The molecule has 7 nitrogen and oxygen atoms in total.